The van der Waals surface area contributed by atoms with Crippen molar-refractivity contribution in [2.75, 3.05) is 0 Å². The fourth-order valence-corrected chi connectivity index (χ4v) is 2.18. The van der Waals surface area contributed by atoms with E-state index < -0.39 is 0 Å². The lowest BCUT2D eigenvalue weighted by atomic mass is 9.75. The number of rotatable bonds is 2. The summed E-state index contributed by atoms with van der Waals surface area (Å²) in [5.41, 5.74) is 2.92. The molecule has 102 valence electrons. The molecule has 1 fully saturated rings. The van der Waals surface area contributed by atoms with Crippen molar-refractivity contribution < 1.29 is 9.31 Å². The van der Waals surface area contributed by atoms with Gasteiger partial charge in [0, 0.05) is 0 Å². The largest absolute Gasteiger partial charge is 0.495 e. The van der Waals surface area contributed by atoms with Crippen molar-refractivity contribution in [3.8, 4) is 0 Å². The first-order valence-corrected chi connectivity index (χ1v) is 6.86. The Morgan fingerprint density at radius 1 is 1.05 bits per heavy atom. The summed E-state index contributed by atoms with van der Waals surface area (Å²) in [4.78, 5) is 0. The molecule has 0 radical (unpaired) electrons. The minimum Gasteiger partial charge on any atom is -0.399 e. The number of allylic oxidation sites excluding steroid dienone is 1. The molecule has 19 heavy (non-hydrogen) atoms. The first-order chi connectivity index (χ1) is 8.77. The second kappa shape index (κ2) is 4.80. The lowest BCUT2D eigenvalue weighted by Gasteiger charge is -2.32. The molecule has 1 aromatic carbocycles. The van der Waals surface area contributed by atoms with Gasteiger partial charge in [-0.1, -0.05) is 35.9 Å². The first-order valence-electron chi connectivity index (χ1n) is 6.86. The third kappa shape index (κ3) is 2.63. The Hall–Kier alpha value is -1.06. The third-order valence-electron chi connectivity index (χ3n) is 4.17. The van der Waals surface area contributed by atoms with Crippen LogP contribution in [0.4, 0.5) is 0 Å². The maximum atomic E-state index is 6.12. The molecule has 0 saturated carbocycles. The molecule has 0 unspecified atom stereocenters. The van der Waals surface area contributed by atoms with Gasteiger partial charge in [0.25, 0.3) is 0 Å². The molecule has 0 bridgehead atoms. The summed E-state index contributed by atoms with van der Waals surface area (Å²) in [7, 11) is -0.282. The van der Waals surface area contributed by atoms with Crippen molar-refractivity contribution in [1.82, 2.24) is 0 Å². The van der Waals surface area contributed by atoms with Gasteiger partial charge < -0.3 is 9.31 Å². The molecule has 2 rings (SSSR count). The number of hydrogen-bond donors (Lipinski definition) is 0. The van der Waals surface area contributed by atoms with E-state index in [1.807, 2.05) is 13.0 Å². The second-order valence-electron chi connectivity index (χ2n) is 6.20. The summed E-state index contributed by atoms with van der Waals surface area (Å²) >= 11 is 0. The Balaban J connectivity index is 2.36. The third-order valence-corrected chi connectivity index (χ3v) is 4.17. The van der Waals surface area contributed by atoms with Crippen LogP contribution in [0, 0.1) is 6.92 Å². The van der Waals surface area contributed by atoms with E-state index in [4.69, 9.17) is 9.31 Å². The van der Waals surface area contributed by atoms with E-state index in [-0.39, 0.29) is 18.3 Å². The molecule has 0 aromatic heterocycles. The van der Waals surface area contributed by atoms with Crippen molar-refractivity contribution in [2.24, 2.45) is 0 Å². The molecular formula is C16H23BO2. The lowest BCUT2D eigenvalue weighted by Crippen LogP contribution is -2.41. The molecule has 0 atom stereocenters. The van der Waals surface area contributed by atoms with Crippen LogP contribution in [0.2, 0.25) is 0 Å². The van der Waals surface area contributed by atoms with Gasteiger partial charge in [-0.3, -0.25) is 0 Å². The lowest BCUT2D eigenvalue weighted by molar-refractivity contribution is 0.00578. The molecule has 3 heteroatoms. The fourth-order valence-electron chi connectivity index (χ4n) is 2.18. The number of hydrogen-bond acceptors (Lipinski definition) is 2. The second-order valence-corrected chi connectivity index (χ2v) is 6.20. The van der Waals surface area contributed by atoms with Crippen molar-refractivity contribution >= 4 is 18.7 Å². The molecule has 2 nitrogen and oxygen atoms in total. The smallest absolute Gasteiger partial charge is 0.399 e. The fraction of sp³-hybridized carbons (Fsp3) is 0.500. The molecule has 1 aliphatic heterocycles. The number of aryl methyl sites for hydroxylation is 1. The van der Waals surface area contributed by atoms with Gasteiger partial charge in [-0.25, -0.2) is 0 Å². The molecule has 0 amide bonds. The van der Waals surface area contributed by atoms with Gasteiger partial charge in [-0.05, 0) is 52.6 Å². The molecule has 1 heterocycles. The minimum absolute atomic E-state index is 0.282. The van der Waals surface area contributed by atoms with Crippen LogP contribution >= 0.6 is 0 Å². The average Bonchev–Trinajstić information content (AvgIpc) is 2.51. The van der Waals surface area contributed by atoms with Gasteiger partial charge >= 0.3 is 7.12 Å². The van der Waals surface area contributed by atoms with E-state index in [2.05, 4.69) is 58.9 Å². The van der Waals surface area contributed by atoms with Crippen LogP contribution in [0.3, 0.4) is 0 Å². The van der Waals surface area contributed by atoms with Crippen LogP contribution in [-0.2, 0) is 9.31 Å². The van der Waals surface area contributed by atoms with Gasteiger partial charge in [0.05, 0.1) is 11.2 Å². The van der Waals surface area contributed by atoms with E-state index in [1.165, 1.54) is 11.1 Å². The van der Waals surface area contributed by atoms with Crippen LogP contribution in [0.25, 0.3) is 6.08 Å². The van der Waals surface area contributed by atoms with Gasteiger partial charge in [0.2, 0.25) is 0 Å². The Kier molecular flexibility index (Phi) is 3.63. The van der Waals surface area contributed by atoms with Crippen LogP contribution in [-0.4, -0.2) is 18.3 Å². The zero-order valence-corrected chi connectivity index (χ0v) is 12.8. The standard InChI is InChI=1S/C16H23BO2/c1-7-8-13-10-9-12(2)14(11-13)17-18-15(3,4)16(5,6)19-17/h7-11H,1-6H3. The SMILES string of the molecule is CC=Cc1ccc(C)c(B2OC(C)(C)C(C)(C)O2)c1. The normalized spacial score (nSPS) is 21.3. The predicted octanol–water partition coefficient (Wildman–Crippen LogP) is 3.33. The summed E-state index contributed by atoms with van der Waals surface area (Å²) in [6.07, 6.45) is 4.13. The Labute approximate surface area is 117 Å². The average molecular weight is 258 g/mol. The van der Waals surface area contributed by atoms with Gasteiger partial charge in [0.15, 0.2) is 0 Å². The highest BCUT2D eigenvalue weighted by Crippen LogP contribution is 2.36. The van der Waals surface area contributed by atoms with Crippen LogP contribution < -0.4 is 5.46 Å². The van der Waals surface area contributed by atoms with E-state index >= 15 is 0 Å². The van der Waals surface area contributed by atoms with Crippen molar-refractivity contribution in [3.05, 3.63) is 35.4 Å². The Morgan fingerprint density at radius 3 is 2.16 bits per heavy atom. The maximum Gasteiger partial charge on any atom is 0.495 e. The van der Waals surface area contributed by atoms with Crippen molar-refractivity contribution in [1.29, 1.82) is 0 Å². The summed E-state index contributed by atoms with van der Waals surface area (Å²) in [5, 5.41) is 0. The molecule has 1 aromatic rings. The summed E-state index contributed by atoms with van der Waals surface area (Å²) in [5.74, 6) is 0. The minimum atomic E-state index is -0.291. The molecule has 1 aliphatic rings. The Bertz CT molecular complexity index is 487. The zero-order chi connectivity index (χ0) is 14.3. The van der Waals surface area contributed by atoms with Crippen LogP contribution in [0.15, 0.2) is 24.3 Å². The van der Waals surface area contributed by atoms with Crippen LogP contribution in [0.1, 0.15) is 45.7 Å². The molecule has 0 spiro atoms. The van der Waals surface area contributed by atoms with E-state index in [1.54, 1.807) is 0 Å². The van der Waals surface area contributed by atoms with Gasteiger partial charge in [-0.15, -0.1) is 0 Å². The summed E-state index contributed by atoms with van der Waals surface area (Å²) < 4.78 is 12.2. The highest BCUT2D eigenvalue weighted by molar-refractivity contribution is 6.62. The predicted molar refractivity (Wildman–Crippen MR) is 81.6 cm³/mol. The molecular weight excluding hydrogens is 235 g/mol. The van der Waals surface area contributed by atoms with Crippen molar-refractivity contribution in [2.45, 2.75) is 52.7 Å². The van der Waals surface area contributed by atoms with Gasteiger partial charge in [-0.2, -0.15) is 0 Å². The number of benzene rings is 1. The highest BCUT2D eigenvalue weighted by Gasteiger charge is 2.52. The van der Waals surface area contributed by atoms with E-state index in [0.717, 1.165) is 5.46 Å². The van der Waals surface area contributed by atoms with E-state index in [9.17, 15) is 0 Å². The highest BCUT2D eigenvalue weighted by atomic mass is 16.7. The van der Waals surface area contributed by atoms with E-state index in [0.29, 0.717) is 0 Å². The first kappa shape index (κ1) is 14.4. The molecule has 0 N–H and O–H groups in total. The Morgan fingerprint density at radius 2 is 1.63 bits per heavy atom. The molecule has 1 saturated heterocycles. The topological polar surface area (TPSA) is 18.5 Å². The molecule has 0 aliphatic carbocycles. The van der Waals surface area contributed by atoms with Crippen molar-refractivity contribution in [3.63, 3.8) is 0 Å². The summed E-state index contributed by atoms with van der Waals surface area (Å²) in [6.45, 7) is 12.4. The maximum absolute atomic E-state index is 6.12. The monoisotopic (exact) mass is 258 g/mol. The zero-order valence-electron chi connectivity index (χ0n) is 12.8. The van der Waals surface area contributed by atoms with Gasteiger partial charge in [0.1, 0.15) is 0 Å². The quantitative estimate of drug-likeness (QED) is 0.757. The van der Waals surface area contributed by atoms with Crippen LogP contribution in [0.5, 0.6) is 0 Å². The summed E-state index contributed by atoms with van der Waals surface area (Å²) in [6, 6.07) is 6.39.